The third-order valence-electron chi connectivity index (χ3n) is 6.12. The van der Waals surface area contributed by atoms with Crippen molar-refractivity contribution in [1.29, 1.82) is 0 Å². The summed E-state index contributed by atoms with van der Waals surface area (Å²) in [5.74, 6) is 1.55. The molecule has 1 aliphatic heterocycles. The van der Waals surface area contributed by atoms with Crippen LogP contribution < -0.4 is 5.32 Å². The average molecular weight is 553 g/mol. The Bertz CT molecular complexity index is 568. The van der Waals surface area contributed by atoms with Gasteiger partial charge in [-0.05, 0) is 78.1 Å². The van der Waals surface area contributed by atoms with Crippen LogP contribution in [0.3, 0.4) is 0 Å². The van der Waals surface area contributed by atoms with Crippen molar-refractivity contribution in [3.8, 4) is 0 Å². The van der Waals surface area contributed by atoms with Crippen molar-refractivity contribution in [2.45, 2.75) is 72.3 Å². The van der Waals surface area contributed by atoms with E-state index < -0.39 is 5.60 Å². The maximum atomic E-state index is 12.4. The van der Waals surface area contributed by atoms with Crippen molar-refractivity contribution in [2.24, 2.45) is 16.3 Å². The number of nitrogens with one attached hydrogen (secondary N) is 1. The van der Waals surface area contributed by atoms with Crippen LogP contribution in [0.15, 0.2) is 4.99 Å². The lowest BCUT2D eigenvalue weighted by atomic mass is 9.96. The molecule has 0 atom stereocenters. The summed E-state index contributed by atoms with van der Waals surface area (Å²) in [6.45, 7) is 15.9. The minimum absolute atomic E-state index is 0. The molecule has 182 valence electrons. The summed E-state index contributed by atoms with van der Waals surface area (Å²) in [6, 6.07) is 0. The lowest BCUT2D eigenvalue weighted by molar-refractivity contribution is 0.0214. The maximum Gasteiger partial charge on any atom is 0.410 e. The molecule has 0 spiro atoms. The molecule has 8 heteroatoms. The fourth-order valence-corrected chi connectivity index (χ4v) is 3.95. The van der Waals surface area contributed by atoms with Gasteiger partial charge in [-0.1, -0.05) is 0 Å². The summed E-state index contributed by atoms with van der Waals surface area (Å²) >= 11 is 0. The summed E-state index contributed by atoms with van der Waals surface area (Å²) in [4.78, 5) is 21.7. The van der Waals surface area contributed by atoms with E-state index in [9.17, 15) is 4.79 Å². The molecule has 2 rings (SSSR count). The number of carbonyl (C=O) groups is 1. The quantitative estimate of drug-likeness (QED) is 0.262. The Morgan fingerprint density at radius 3 is 2.35 bits per heavy atom. The molecule has 1 aliphatic carbocycles. The van der Waals surface area contributed by atoms with Gasteiger partial charge in [0.05, 0.1) is 0 Å². The lowest BCUT2D eigenvalue weighted by Gasteiger charge is -2.36. The topological polar surface area (TPSA) is 66.4 Å². The zero-order chi connectivity index (χ0) is 22.2. The fraction of sp³-hybridized carbons (Fsp3) is 0.913. The van der Waals surface area contributed by atoms with Crippen LogP contribution in [-0.4, -0.2) is 80.4 Å². The van der Waals surface area contributed by atoms with Gasteiger partial charge in [0.25, 0.3) is 0 Å². The third kappa shape index (κ3) is 9.72. The van der Waals surface area contributed by atoms with Crippen LogP contribution in [0.25, 0.3) is 0 Å². The molecular formula is C23H45IN4O3. The Hall–Kier alpha value is -0.770. The van der Waals surface area contributed by atoms with Crippen molar-refractivity contribution in [1.82, 2.24) is 15.1 Å². The van der Waals surface area contributed by atoms with Gasteiger partial charge in [-0.2, -0.15) is 0 Å². The minimum Gasteiger partial charge on any atom is -0.444 e. The van der Waals surface area contributed by atoms with Crippen LogP contribution >= 0.6 is 24.0 Å². The summed E-state index contributed by atoms with van der Waals surface area (Å²) in [5, 5.41) is 3.48. The summed E-state index contributed by atoms with van der Waals surface area (Å²) in [7, 11) is 1.77. The zero-order valence-corrected chi connectivity index (χ0v) is 22.9. The maximum absolute atomic E-state index is 12.4. The molecule has 1 amide bonds. The number of likely N-dealkylation sites (tertiary alicyclic amines) is 1. The van der Waals surface area contributed by atoms with Gasteiger partial charge in [0, 0.05) is 53.0 Å². The molecule has 31 heavy (non-hydrogen) atoms. The second-order valence-electron chi connectivity index (χ2n) is 9.86. The first-order valence-corrected chi connectivity index (χ1v) is 11.7. The number of piperidine rings is 1. The average Bonchev–Trinajstić information content (AvgIpc) is 3.47. The summed E-state index contributed by atoms with van der Waals surface area (Å²) in [6.07, 6.45) is 5.56. The van der Waals surface area contributed by atoms with Gasteiger partial charge in [-0.3, -0.25) is 4.99 Å². The minimum atomic E-state index is -0.451. The first-order valence-electron chi connectivity index (χ1n) is 11.7. The largest absolute Gasteiger partial charge is 0.444 e. The number of nitrogens with zero attached hydrogens (tertiary/aromatic N) is 3. The van der Waals surface area contributed by atoms with Gasteiger partial charge in [0.2, 0.25) is 0 Å². The predicted octanol–water partition coefficient (Wildman–Crippen LogP) is 4.36. The van der Waals surface area contributed by atoms with Gasteiger partial charge in [0.15, 0.2) is 5.96 Å². The Labute approximate surface area is 206 Å². The SMILES string of the molecule is CCNC(=NCC1(CCOC)CC1)N1CCC(CN(CC)C(=O)OC(C)(C)C)CC1.I. The Morgan fingerprint density at radius 1 is 1.23 bits per heavy atom. The van der Waals surface area contributed by atoms with Crippen LogP contribution in [0, 0.1) is 11.3 Å². The van der Waals surface area contributed by atoms with Crippen molar-refractivity contribution in [3.63, 3.8) is 0 Å². The van der Waals surface area contributed by atoms with Gasteiger partial charge in [-0.25, -0.2) is 4.79 Å². The van der Waals surface area contributed by atoms with E-state index in [0.29, 0.717) is 17.9 Å². The highest BCUT2D eigenvalue weighted by Gasteiger charge is 2.42. The van der Waals surface area contributed by atoms with Crippen LogP contribution in [0.2, 0.25) is 0 Å². The monoisotopic (exact) mass is 552 g/mol. The second kappa shape index (κ2) is 13.1. The molecule has 0 aromatic rings. The van der Waals surface area contributed by atoms with E-state index in [2.05, 4.69) is 17.1 Å². The predicted molar refractivity (Wildman–Crippen MR) is 137 cm³/mol. The van der Waals surface area contributed by atoms with E-state index in [-0.39, 0.29) is 30.1 Å². The molecule has 1 heterocycles. The number of guanidine groups is 1. The number of amides is 1. The smallest absolute Gasteiger partial charge is 0.410 e. The first-order chi connectivity index (χ1) is 14.2. The Balaban J connectivity index is 0.00000480. The molecule has 2 aliphatic rings. The normalized spacial score (nSPS) is 18.9. The van der Waals surface area contributed by atoms with Crippen LogP contribution in [-0.2, 0) is 9.47 Å². The molecular weight excluding hydrogens is 507 g/mol. The van der Waals surface area contributed by atoms with E-state index in [1.54, 1.807) is 7.11 Å². The van der Waals surface area contributed by atoms with Crippen LogP contribution in [0.5, 0.6) is 0 Å². The number of hydrogen-bond donors (Lipinski definition) is 1. The van der Waals surface area contributed by atoms with Gasteiger partial charge < -0.3 is 24.6 Å². The van der Waals surface area contributed by atoms with Gasteiger partial charge in [-0.15, -0.1) is 24.0 Å². The highest BCUT2D eigenvalue weighted by atomic mass is 127. The molecule has 0 unspecified atom stereocenters. The molecule has 0 radical (unpaired) electrons. The Morgan fingerprint density at radius 2 is 1.87 bits per heavy atom. The fourth-order valence-electron chi connectivity index (χ4n) is 3.95. The van der Waals surface area contributed by atoms with Crippen molar-refractivity contribution < 1.29 is 14.3 Å². The number of aliphatic imine (C=N–C) groups is 1. The van der Waals surface area contributed by atoms with E-state index in [4.69, 9.17) is 14.5 Å². The highest BCUT2D eigenvalue weighted by molar-refractivity contribution is 14.0. The van der Waals surface area contributed by atoms with Crippen molar-refractivity contribution in [3.05, 3.63) is 0 Å². The highest BCUT2D eigenvalue weighted by Crippen LogP contribution is 2.49. The molecule has 2 fully saturated rings. The van der Waals surface area contributed by atoms with Crippen LogP contribution in [0.4, 0.5) is 4.79 Å². The third-order valence-corrected chi connectivity index (χ3v) is 6.12. The number of hydrogen-bond acceptors (Lipinski definition) is 4. The number of carbonyl (C=O) groups excluding carboxylic acids is 1. The van der Waals surface area contributed by atoms with E-state index in [1.165, 1.54) is 12.8 Å². The summed E-state index contributed by atoms with van der Waals surface area (Å²) in [5.41, 5.74) is -0.0860. The number of ether oxygens (including phenoxy) is 2. The van der Waals surface area contributed by atoms with Crippen molar-refractivity contribution >= 4 is 36.0 Å². The lowest BCUT2D eigenvalue weighted by Crippen LogP contribution is -2.48. The number of halogens is 1. The summed E-state index contributed by atoms with van der Waals surface area (Å²) < 4.78 is 10.8. The standard InChI is InChI=1S/C23H44N4O3.HI/c1-7-24-20(25-18-23(11-12-23)13-16-29-6)27-14-9-19(10-15-27)17-26(8-2)21(28)30-22(3,4)5;/h19H,7-18H2,1-6H3,(H,24,25);1H. The molecule has 1 saturated heterocycles. The second-order valence-corrected chi connectivity index (χ2v) is 9.86. The Kier molecular flexibility index (Phi) is 11.9. The van der Waals surface area contributed by atoms with E-state index in [0.717, 1.165) is 64.6 Å². The van der Waals surface area contributed by atoms with E-state index >= 15 is 0 Å². The van der Waals surface area contributed by atoms with E-state index in [1.807, 2.05) is 32.6 Å². The molecule has 0 aromatic carbocycles. The number of methoxy groups -OCH3 is 1. The van der Waals surface area contributed by atoms with Crippen molar-refractivity contribution in [2.75, 3.05) is 53.0 Å². The van der Waals surface area contributed by atoms with Gasteiger partial charge in [0.1, 0.15) is 5.60 Å². The molecule has 1 N–H and O–H groups in total. The van der Waals surface area contributed by atoms with Crippen LogP contribution in [0.1, 0.15) is 66.7 Å². The molecule has 1 saturated carbocycles. The van der Waals surface area contributed by atoms with Gasteiger partial charge >= 0.3 is 6.09 Å². The molecule has 0 aromatic heterocycles. The first kappa shape index (κ1) is 28.3. The molecule has 7 nitrogen and oxygen atoms in total. The zero-order valence-electron chi connectivity index (χ0n) is 20.5. The molecule has 0 bridgehead atoms. The number of rotatable bonds is 9.